The quantitative estimate of drug-likeness (QED) is 0.381. The third-order valence-corrected chi connectivity index (χ3v) is 4.59. The van der Waals surface area contributed by atoms with Crippen molar-refractivity contribution in [2.75, 3.05) is 0 Å². The van der Waals surface area contributed by atoms with Crippen LogP contribution in [0, 0.1) is 0 Å². The zero-order valence-corrected chi connectivity index (χ0v) is 14.2. The molecule has 4 aromatic rings. The minimum Gasteiger partial charge on any atom is -0.478 e. The number of H-pyrrole nitrogens is 2. The van der Waals surface area contributed by atoms with Crippen LogP contribution in [-0.2, 0) is 0 Å². The summed E-state index contributed by atoms with van der Waals surface area (Å²) in [5.41, 5.74) is -1.71. The Labute approximate surface area is 153 Å². The highest BCUT2D eigenvalue weighted by Crippen LogP contribution is 2.22. The first-order valence-electron chi connectivity index (χ1n) is 7.95. The van der Waals surface area contributed by atoms with Gasteiger partial charge in [-0.1, -0.05) is 0 Å². The SMILES string of the molecule is CC(=O)n1[nH][nH]c2cc3c(=O)c4cc(C(=O)O)c(C(=O)O)cc4c(=O)c3cc21. The minimum atomic E-state index is -1.53. The van der Waals surface area contributed by atoms with Gasteiger partial charge in [0.25, 0.3) is 0 Å². The number of nitrogens with zero attached hydrogens (tertiary/aromatic N) is 1. The first-order valence-corrected chi connectivity index (χ1v) is 7.95. The van der Waals surface area contributed by atoms with E-state index in [0.29, 0.717) is 11.0 Å². The third kappa shape index (κ3) is 2.24. The van der Waals surface area contributed by atoms with Gasteiger partial charge in [-0.15, -0.1) is 0 Å². The Balaban J connectivity index is 2.24. The van der Waals surface area contributed by atoms with E-state index in [-0.39, 0.29) is 27.5 Å². The average molecular weight is 381 g/mol. The van der Waals surface area contributed by atoms with E-state index in [4.69, 9.17) is 0 Å². The van der Waals surface area contributed by atoms with Crippen molar-refractivity contribution < 1.29 is 24.6 Å². The van der Waals surface area contributed by atoms with Gasteiger partial charge in [-0.3, -0.25) is 19.5 Å². The van der Waals surface area contributed by atoms with Gasteiger partial charge in [-0.2, -0.15) is 0 Å². The summed E-state index contributed by atoms with van der Waals surface area (Å²) in [5, 5.41) is 23.5. The van der Waals surface area contributed by atoms with E-state index in [9.17, 15) is 34.2 Å². The number of carbonyl (C=O) groups excluding carboxylic acids is 1. The van der Waals surface area contributed by atoms with Crippen LogP contribution >= 0.6 is 0 Å². The zero-order valence-electron chi connectivity index (χ0n) is 14.2. The van der Waals surface area contributed by atoms with Crippen LogP contribution in [0.25, 0.3) is 32.6 Å². The lowest BCUT2D eigenvalue weighted by Gasteiger charge is -2.06. The fraction of sp³-hybridized carbons (Fsp3) is 0.0556. The molecular formula is C18H11N3O7. The molecule has 4 N–H and O–H groups in total. The summed E-state index contributed by atoms with van der Waals surface area (Å²) in [4.78, 5) is 60.3. The number of rotatable bonds is 2. The highest BCUT2D eigenvalue weighted by atomic mass is 16.4. The van der Waals surface area contributed by atoms with Gasteiger partial charge >= 0.3 is 11.9 Å². The molecule has 0 unspecified atom stereocenters. The zero-order chi connectivity index (χ0) is 20.3. The topological polar surface area (TPSA) is 162 Å². The van der Waals surface area contributed by atoms with Crippen LogP contribution < -0.4 is 10.9 Å². The van der Waals surface area contributed by atoms with Gasteiger partial charge < -0.3 is 10.2 Å². The summed E-state index contributed by atoms with van der Waals surface area (Å²) < 4.78 is 1.15. The summed E-state index contributed by atoms with van der Waals surface area (Å²) in [6.07, 6.45) is 0. The second-order valence-electron chi connectivity index (χ2n) is 6.22. The van der Waals surface area contributed by atoms with Crippen molar-refractivity contribution in [3.05, 3.63) is 55.8 Å². The van der Waals surface area contributed by atoms with E-state index in [2.05, 4.69) is 10.3 Å². The van der Waals surface area contributed by atoms with E-state index in [0.717, 1.165) is 16.8 Å². The predicted molar refractivity (Wildman–Crippen MR) is 98.4 cm³/mol. The summed E-state index contributed by atoms with van der Waals surface area (Å²) >= 11 is 0. The van der Waals surface area contributed by atoms with Crippen molar-refractivity contribution in [1.29, 1.82) is 0 Å². The lowest BCUT2D eigenvalue weighted by atomic mass is 9.96. The molecule has 1 heterocycles. The predicted octanol–water partition coefficient (Wildman–Crippen LogP) is 1.38. The molecule has 0 aliphatic carbocycles. The van der Waals surface area contributed by atoms with Gasteiger partial charge in [0.15, 0.2) is 10.9 Å². The Morgan fingerprint density at radius 3 is 1.75 bits per heavy atom. The molecular weight excluding hydrogens is 370 g/mol. The first kappa shape index (κ1) is 17.2. The minimum absolute atomic E-state index is 0.00702. The van der Waals surface area contributed by atoms with Crippen LogP contribution in [0.2, 0.25) is 0 Å². The summed E-state index contributed by atoms with van der Waals surface area (Å²) in [5.74, 6) is -3.42. The maximum Gasteiger partial charge on any atom is 0.336 e. The Kier molecular flexibility index (Phi) is 3.47. The number of hydrogen-bond acceptors (Lipinski definition) is 5. The normalized spacial score (nSPS) is 11.3. The van der Waals surface area contributed by atoms with Crippen LogP contribution in [0.1, 0.15) is 32.4 Å². The van der Waals surface area contributed by atoms with Crippen molar-refractivity contribution in [1.82, 2.24) is 15.0 Å². The molecule has 10 heteroatoms. The number of nitrogens with one attached hydrogen (secondary N) is 2. The monoisotopic (exact) mass is 381 g/mol. The number of fused-ring (bicyclic) bond motifs is 3. The number of hydrogen-bond donors (Lipinski definition) is 4. The van der Waals surface area contributed by atoms with Gasteiger partial charge in [-0.05, 0) is 24.3 Å². The number of carboxylic acid groups (broad SMARTS) is 2. The van der Waals surface area contributed by atoms with E-state index < -0.39 is 33.9 Å². The highest BCUT2D eigenvalue weighted by molar-refractivity contribution is 6.09. The van der Waals surface area contributed by atoms with Crippen LogP contribution in [0.15, 0.2) is 33.9 Å². The van der Waals surface area contributed by atoms with Gasteiger partial charge in [-0.25, -0.2) is 19.5 Å². The number of aromatic nitrogens is 3. The highest BCUT2D eigenvalue weighted by Gasteiger charge is 2.21. The van der Waals surface area contributed by atoms with Crippen LogP contribution in [0.5, 0.6) is 0 Å². The molecule has 0 radical (unpaired) electrons. The molecule has 0 aliphatic heterocycles. The van der Waals surface area contributed by atoms with Gasteiger partial charge in [0.2, 0.25) is 5.91 Å². The molecule has 28 heavy (non-hydrogen) atoms. The van der Waals surface area contributed by atoms with Gasteiger partial charge in [0.05, 0.1) is 22.2 Å². The van der Waals surface area contributed by atoms with Gasteiger partial charge in [0, 0.05) is 28.5 Å². The van der Waals surface area contributed by atoms with Gasteiger partial charge in [0.1, 0.15) is 0 Å². The van der Waals surface area contributed by atoms with E-state index >= 15 is 0 Å². The Hall–Kier alpha value is -4.21. The fourth-order valence-corrected chi connectivity index (χ4v) is 3.29. The maximum absolute atomic E-state index is 12.9. The molecule has 0 amide bonds. The Bertz CT molecular complexity index is 1490. The molecule has 4 rings (SSSR count). The average Bonchev–Trinajstić information content (AvgIpc) is 3.07. The number of aromatic carboxylic acids is 2. The van der Waals surface area contributed by atoms with E-state index in [1.54, 1.807) is 0 Å². The number of benzene rings is 3. The standard InChI is InChI=1S/C18H11N3O7/c1-6(22)21-14-5-10-9(4-13(14)19-20-21)15(23)7-2-11(17(25)26)12(18(27)28)3-8(7)16(10)24/h2-5,19-20H,1H3,(H,25,26)(H,27,28). The molecule has 1 aromatic heterocycles. The molecule has 0 atom stereocenters. The lowest BCUT2D eigenvalue weighted by molar-refractivity contribution is 0.0652. The van der Waals surface area contributed by atoms with Crippen molar-refractivity contribution in [3.63, 3.8) is 0 Å². The molecule has 140 valence electrons. The summed E-state index contributed by atoms with van der Waals surface area (Å²) in [7, 11) is 0. The molecule has 3 aromatic carbocycles. The van der Waals surface area contributed by atoms with Crippen LogP contribution in [0.3, 0.4) is 0 Å². The van der Waals surface area contributed by atoms with E-state index in [1.807, 2.05) is 0 Å². The van der Waals surface area contributed by atoms with Crippen LogP contribution in [0.4, 0.5) is 0 Å². The molecule has 0 aliphatic rings. The number of aromatic amines is 2. The summed E-state index contributed by atoms with van der Waals surface area (Å²) in [6.45, 7) is 1.30. The molecule has 10 nitrogen and oxygen atoms in total. The lowest BCUT2D eigenvalue weighted by Crippen LogP contribution is -2.17. The largest absolute Gasteiger partial charge is 0.478 e. The Morgan fingerprint density at radius 1 is 0.821 bits per heavy atom. The molecule has 0 spiro atoms. The van der Waals surface area contributed by atoms with Crippen molar-refractivity contribution >= 4 is 50.4 Å². The van der Waals surface area contributed by atoms with Crippen molar-refractivity contribution in [3.8, 4) is 0 Å². The molecule has 0 saturated carbocycles. The first-order chi connectivity index (χ1) is 13.2. The third-order valence-electron chi connectivity index (χ3n) is 4.59. The van der Waals surface area contributed by atoms with Crippen LogP contribution in [-0.4, -0.2) is 43.1 Å². The summed E-state index contributed by atoms with van der Waals surface area (Å²) in [6, 6.07) is 4.55. The fourth-order valence-electron chi connectivity index (χ4n) is 3.29. The molecule has 0 fully saturated rings. The van der Waals surface area contributed by atoms with Crippen molar-refractivity contribution in [2.45, 2.75) is 6.92 Å². The smallest absolute Gasteiger partial charge is 0.336 e. The maximum atomic E-state index is 12.9. The second kappa shape index (κ2) is 5.64. The van der Waals surface area contributed by atoms with Crippen molar-refractivity contribution in [2.24, 2.45) is 0 Å². The Morgan fingerprint density at radius 2 is 1.29 bits per heavy atom. The number of carbonyl (C=O) groups is 3. The molecule has 0 bridgehead atoms. The van der Waals surface area contributed by atoms with E-state index in [1.165, 1.54) is 19.1 Å². The number of carboxylic acids is 2. The molecule has 0 saturated heterocycles. The second-order valence-corrected chi connectivity index (χ2v) is 6.22.